The highest BCUT2D eigenvalue weighted by Gasteiger charge is 2.33. The molecular formula is C22H19NO4S. The van der Waals surface area contributed by atoms with Gasteiger partial charge in [-0.25, -0.2) is 4.79 Å². The molecule has 5 nitrogen and oxygen atoms in total. The molecule has 28 heavy (non-hydrogen) atoms. The number of anilines is 1. The molecule has 1 amide bonds. The van der Waals surface area contributed by atoms with Gasteiger partial charge in [0.05, 0.1) is 18.0 Å². The number of esters is 1. The normalized spacial score (nSPS) is 15.8. The van der Waals surface area contributed by atoms with Crippen LogP contribution < -0.4 is 4.90 Å². The van der Waals surface area contributed by atoms with Crippen LogP contribution in [0.15, 0.2) is 76.2 Å². The van der Waals surface area contributed by atoms with Gasteiger partial charge in [-0.05, 0) is 30.7 Å². The second-order valence-corrected chi connectivity index (χ2v) is 7.50. The van der Waals surface area contributed by atoms with Gasteiger partial charge in [0.15, 0.2) is 6.61 Å². The Morgan fingerprint density at radius 3 is 2.61 bits per heavy atom. The van der Waals surface area contributed by atoms with E-state index in [0.717, 1.165) is 21.9 Å². The van der Waals surface area contributed by atoms with Crippen molar-refractivity contribution in [3.63, 3.8) is 0 Å². The Morgan fingerprint density at radius 2 is 1.86 bits per heavy atom. The minimum Gasteiger partial charge on any atom is -0.469 e. The molecule has 1 aromatic heterocycles. The number of benzene rings is 2. The number of thioether (sulfide) groups is 1. The molecular weight excluding hydrogens is 374 g/mol. The molecule has 142 valence electrons. The van der Waals surface area contributed by atoms with Crippen molar-refractivity contribution in [1.29, 1.82) is 0 Å². The number of carbonyl (C=O) groups excluding carboxylic acids is 2. The summed E-state index contributed by atoms with van der Waals surface area (Å²) in [4.78, 5) is 28.2. The zero-order valence-electron chi connectivity index (χ0n) is 15.3. The summed E-state index contributed by atoms with van der Waals surface area (Å²) in [6, 6.07) is 19.1. The summed E-state index contributed by atoms with van der Waals surface area (Å²) < 4.78 is 10.4. The summed E-state index contributed by atoms with van der Waals surface area (Å²) in [5.41, 5.74) is 2.23. The number of rotatable bonds is 4. The van der Waals surface area contributed by atoms with Crippen LogP contribution in [-0.4, -0.2) is 24.2 Å². The SMILES string of the molecule is Cc1occc1C(=O)OCC(=O)N1c2ccccc2SC[C@@H]1c1ccccc1. The molecule has 0 saturated heterocycles. The fourth-order valence-electron chi connectivity index (χ4n) is 3.29. The first-order valence-electron chi connectivity index (χ1n) is 8.95. The van der Waals surface area contributed by atoms with Crippen LogP contribution in [0.3, 0.4) is 0 Å². The van der Waals surface area contributed by atoms with E-state index in [0.29, 0.717) is 11.3 Å². The van der Waals surface area contributed by atoms with Crippen LogP contribution in [-0.2, 0) is 9.53 Å². The number of ether oxygens (including phenoxy) is 1. The van der Waals surface area contributed by atoms with E-state index in [-0.39, 0.29) is 18.6 Å². The van der Waals surface area contributed by atoms with E-state index in [9.17, 15) is 9.59 Å². The van der Waals surface area contributed by atoms with Gasteiger partial charge >= 0.3 is 5.97 Å². The second-order valence-electron chi connectivity index (χ2n) is 6.44. The van der Waals surface area contributed by atoms with Gasteiger partial charge < -0.3 is 9.15 Å². The maximum absolute atomic E-state index is 13.1. The predicted molar refractivity (Wildman–Crippen MR) is 108 cm³/mol. The molecule has 0 fully saturated rings. The molecule has 0 N–H and O–H groups in total. The van der Waals surface area contributed by atoms with Crippen molar-refractivity contribution in [2.75, 3.05) is 17.3 Å². The summed E-state index contributed by atoms with van der Waals surface area (Å²) >= 11 is 1.72. The predicted octanol–water partition coefficient (Wildman–Crippen LogP) is 4.63. The van der Waals surface area contributed by atoms with Gasteiger partial charge in [-0.1, -0.05) is 42.5 Å². The third-order valence-electron chi connectivity index (χ3n) is 4.69. The van der Waals surface area contributed by atoms with Gasteiger partial charge in [0.2, 0.25) is 0 Å². The van der Waals surface area contributed by atoms with Gasteiger partial charge in [-0.3, -0.25) is 9.69 Å². The van der Waals surface area contributed by atoms with Crippen LogP contribution in [0.4, 0.5) is 5.69 Å². The Hall–Kier alpha value is -2.99. The molecule has 2 aromatic carbocycles. The number of hydrogen-bond acceptors (Lipinski definition) is 5. The van der Waals surface area contributed by atoms with Crippen molar-refractivity contribution < 1.29 is 18.7 Å². The van der Waals surface area contributed by atoms with Crippen LogP contribution >= 0.6 is 11.8 Å². The van der Waals surface area contributed by atoms with Crippen molar-refractivity contribution in [2.45, 2.75) is 17.9 Å². The Bertz CT molecular complexity index is 999. The minimum absolute atomic E-state index is 0.122. The van der Waals surface area contributed by atoms with Crippen LogP contribution in [0.1, 0.15) is 27.7 Å². The zero-order valence-corrected chi connectivity index (χ0v) is 16.1. The van der Waals surface area contributed by atoms with Gasteiger partial charge in [-0.15, -0.1) is 11.8 Å². The van der Waals surface area contributed by atoms with E-state index in [2.05, 4.69) is 0 Å². The molecule has 1 aliphatic heterocycles. The summed E-state index contributed by atoms with van der Waals surface area (Å²) in [5, 5.41) is 0. The molecule has 0 saturated carbocycles. The quantitative estimate of drug-likeness (QED) is 0.605. The highest BCUT2D eigenvalue weighted by atomic mass is 32.2. The summed E-state index contributed by atoms with van der Waals surface area (Å²) in [6.07, 6.45) is 1.43. The van der Waals surface area contributed by atoms with Crippen LogP contribution in [0.5, 0.6) is 0 Å². The lowest BCUT2D eigenvalue weighted by atomic mass is 10.1. The molecule has 0 spiro atoms. The zero-order chi connectivity index (χ0) is 19.5. The van der Waals surface area contributed by atoms with E-state index < -0.39 is 5.97 Å². The number of aryl methyl sites for hydroxylation is 1. The lowest BCUT2D eigenvalue weighted by Gasteiger charge is -2.37. The Kier molecular flexibility index (Phi) is 5.21. The van der Waals surface area contributed by atoms with Crippen molar-refractivity contribution >= 4 is 29.3 Å². The first kappa shape index (κ1) is 18.4. The molecule has 0 aliphatic carbocycles. The molecule has 1 aliphatic rings. The molecule has 0 bridgehead atoms. The molecule has 4 rings (SSSR count). The minimum atomic E-state index is -0.560. The van der Waals surface area contributed by atoms with Gasteiger partial charge in [0.25, 0.3) is 5.91 Å². The smallest absolute Gasteiger partial charge is 0.342 e. The van der Waals surface area contributed by atoms with Crippen LogP contribution in [0.25, 0.3) is 0 Å². The molecule has 2 heterocycles. The number of fused-ring (bicyclic) bond motifs is 1. The monoisotopic (exact) mass is 393 g/mol. The number of furan rings is 1. The number of carbonyl (C=O) groups is 2. The molecule has 3 aromatic rings. The maximum atomic E-state index is 13.1. The second kappa shape index (κ2) is 7.94. The third-order valence-corrected chi connectivity index (χ3v) is 5.83. The van der Waals surface area contributed by atoms with Gasteiger partial charge in [-0.2, -0.15) is 0 Å². The molecule has 1 atom stereocenters. The fourth-order valence-corrected chi connectivity index (χ4v) is 4.46. The van der Waals surface area contributed by atoms with E-state index >= 15 is 0 Å². The number of para-hydroxylation sites is 1. The van der Waals surface area contributed by atoms with Crippen molar-refractivity contribution in [3.05, 3.63) is 83.8 Å². The third kappa shape index (κ3) is 3.55. The molecule has 0 radical (unpaired) electrons. The first-order valence-corrected chi connectivity index (χ1v) is 9.94. The molecule has 6 heteroatoms. The number of nitrogens with zero attached hydrogens (tertiary/aromatic N) is 1. The van der Waals surface area contributed by atoms with Crippen molar-refractivity contribution in [1.82, 2.24) is 0 Å². The largest absolute Gasteiger partial charge is 0.469 e. The fraction of sp³-hybridized carbons (Fsp3) is 0.182. The average Bonchev–Trinajstić information content (AvgIpc) is 3.17. The van der Waals surface area contributed by atoms with Crippen molar-refractivity contribution in [3.8, 4) is 0 Å². The van der Waals surface area contributed by atoms with E-state index in [4.69, 9.17) is 9.15 Å². The summed E-state index contributed by atoms with van der Waals surface area (Å²) in [6.45, 7) is 1.35. The molecule has 0 unspecified atom stereocenters. The van der Waals surface area contributed by atoms with Crippen molar-refractivity contribution in [2.24, 2.45) is 0 Å². The van der Waals surface area contributed by atoms with Gasteiger partial charge in [0.1, 0.15) is 11.3 Å². The standard InChI is InChI=1S/C22H19NO4S/c1-15-17(11-12-26-15)22(25)27-13-21(24)23-18-9-5-6-10-20(18)28-14-19(23)16-7-3-2-4-8-16/h2-12,19H,13-14H2,1H3/t19-/m1/s1. The topological polar surface area (TPSA) is 59.8 Å². The van der Waals surface area contributed by atoms with Crippen LogP contribution in [0, 0.1) is 6.92 Å². The Labute approximate surface area is 167 Å². The Morgan fingerprint density at radius 1 is 1.11 bits per heavy atom. The van der Waals surface area contributed by atoms with Gasteiger partial charge in [0, 0.05) is 10.6 Å². The number of amides is 1. The number of hydrogen-bond donors (Lipinski definition) is 0. The summed E-state index contributed by atoms with van der Waals surface area (Å²) in [7, 11) is 0. The Balaban J connectivity index is 1.59. The first-order chi connectivity index (χ1) is 13.6. The van der Waals surface area contributed by atoms with E-state index in [1.54, 1.807) is 29.7 Å². The lowest BCUT2D eigenvalue weighted by Crippen LogP contribution is -2.41. The van der Waals surface area contributed by atoms with Crippen LogP contribution in [0.2, 0.25) is 0 Å². The van der Waals surface area contributed by atoms with E-state index in [1.807, 2.05) is 54.6 Å². The highest BCUT2D eigenvalue weighted by Crippen LogP contribution is 2.43. The van der Waals surface area contributed by atoms with E-state index in [1.165, 1.54) is 6.26 Å². The summed E-state index contributed by atoms with van der Waals surface area (Å²) in [5.74, 6) is 0.396. The lowest BCUT2D eigenvalue weighted by molar-refractivity contribution is -0.122. The highest BCUT2D eigenvalue weighted by molar-refractivity contribution is 7.99. The maximum Gasteiger partial charge on any atom is 0.342 e. The average molecular weight is 393 g/mol.